The highest BCUT2D eigenvalue weighted by Gasteiger charge is 2.17. The van der Waals surface area contributed by atoms with Gasteiger partial charge in [0.15, 0.2) is 5.76 Å². The van der Waals surface area contributed by atoms with E-state index < -0.39 is 6.04 Å². The van der Waals surface area contributed by atoms with Crippen molar-refractivity contribution in [3.63, 3.8) is 0 Å². The molecule has 1 aromatic heterocycles. The lowest BCUT2D eigenvalue weighted by atomic mass is 10.1. The van der Waals surface area contributed by atoms with Crippen molar-refractivity contribution in [1.29, 1.82) is 0 Å². The van der Waals surface area contributed by atoms with Gasteiger partial charge in [-0.25, -0.2) is 0 Å². The predicted octanol–water partition coefficient (Wildman–Crippen LogP) is 2.90. The summed E-state index contributed by atoms with van der Waals surface area (Å²) in [6.45, 7) is -0.171. The molecule has 0 radical (unpaired) electrons. The molecule has 1 amide bonds. The van der Waals surface area contributed by atoms with E-state index >= 15 is 0 Å². The van der Waals surface area contributed by atoms with E-state index in [4.69, 9.17) is 4.42 Å². The zero-order valence-electron chi connectivity index (χ0n) is 11.3. The van der Waals surface area contributed by atoms with Gasteiger partial charge in [-0.15, -0.1) is 0 Å². The Morgan fingerprint density at radius 3 is 2.52 bits per heavy atom. The Morgan fingerprint density at radius 2 is 1.81 bits per heavy atom. The average Bonchev–Trinajstić information content (AvgIpc) is 2.97. The van der Waals surface area contributed by atoms with E-state index in [2.05, 4.69) is 5.32 Å². The number of aliphatic hydroxyl groups excluding tert-OH is 1. The highest BCUT2D eigenvalue weighted by Crippen LogP contribution is 2.20. The van der Waals surface area contributed by atoms with Gasteiger partial charge in [0.2, 0.25) is 0 Å². The van der Waals surface area contributed by atoms with Gasteiger partial charge >= 0.3 is 0 Å². The first-order chi connectivity index (χ1) is 10.3. The number of para-hydroxylation sites is 1. The van der Waals surface area contributed by atoms with Gasteiger partial charge in [0.05, 0.1) is 12.6 Å². The Kier molecular flexibility index (Phi) is 3.71. The van der Waals surface area contributed by atoms with Crippen molar-refractivity contribution in [3.05, 3.63) is 72.0 Å². The molecule has 0 saturated carbocycles. The molecule has 106 valence electrons. The van der Waals surface area contributed by atoms with Crippen LogP contribution in [0, 0.1) is 0 Å². The fourth-order valence-corrected chi connectivity index (χ4v) is 2.24. The standard InChI is InChI=1S/C17H15NO3/c19-11-14(12-6-2-1-3-7-12)18-17(20)16-10-13-8-4-5-9-15(13)21-16/h1-10,14,19H,11H2,(H,18,20)/t14-/m0/s1. The number of hydrogen-bond acceptors (Lipinski definition) is 3. The average molecular weight is 281 g/mol. The van der Waals surface area contributed by atoms with Crippen LogP contribution in [-0.2, 0) is 0 Å². The molecule has 4 heteroatoms. The lowest BCUT2D eigenvalue weighted by Crippen LogP contribution is -2.30. The van der Waals surface area contributed by atoms with E-state index in [0.717, 1.165) is 10.9 Å². The van der Waals surface area contributed by atoms with Crippen LogP contribution in [0.1, 0.15) is 22.2 Å². The van der Waals surface area contributed by atoms with Crippen molar-refractivity contribution in [2.45, 2.75) is 6.04 Å². The maximum Gasteiger partial charge on any atom is 0.287 e. The number of fused-ring (bicyclic) bond motifs is 1. The minimum atomic E-state index is -0.452. The minimum Gasteiger partial charge on any atom is -0.451 e. The van der Waals surface area contributed by atoms with Gasteiger partial charge in [-0.1, -0.05) is 48.5 Å². The van der Waals surface area contributed by atoms with Crippen LogP contribution in [0.3, 0.4) is 0 Å². The van der Waals surface area contributed by atoms with Gasteiger partial charge in [0, 0.05) is 5.39 Å². The fourth-order valence-electron chi connectivity index (χ4n) is 2.24. The van der Waals surface area contributed by atoms with Crippen molar-refractivity contribution in [3.8, 4) is 0 Å². The molecule has 0 aliphatic carbocycles. The first kappa shape index (κ1) is 13.4. The second kappa shape index (κ2) is 5.81. The van der Waals surface area contributed by atoms with E-state index in [9.17, 15) is 9.90 Å². The third-order valence-corrected chi connectivity index (χ3v) is 3.34. The second-order valence-corrected chi connectivity index (χ2v) is 4.77. The monoisotopic (exact) mass is 281 g/mol. The Bertz CT molecular complexity index is 716. The highest BCUT2D eigenvalue weighted by atomic mass is 16.3. The molecule has 2 N–H and O–H groups in total. The lowest BCUT2D eigenvalue weighted by molar-refractivity contribution is 0.0890. The molecule has 1 heterocycles. The van der Waals surface area contributed by atoms with Gasteiger partial charge in [-0.05, 0) is 17.7 Å². The van der Waals surface area contributed by atoms with E-state index in [1.54, 1.807) is 6.07 Å². The third-order valence-electron chi connectivity index (χ3n) is 3.34. The number of carbonyl (C=O) groups is 1. The smallest absolute Gasteiger partial charge is 0.287 e. The molecule has 3 aromatic rings. The van der Waals surface area contributed by atoms with E-state index in [1.807, 2.05) is 54.6 Å². The second-order valence-electron chi connectivity index (χ2n) is 4.77. The van der Waals surface area contributed by atoms with E-state index in [0.29, 0.717) is 5.58 Å². The summed E-state index contributed by atoms with van der Waals surface area (Å²) >= 11 is 0. The number of furan rings is 1. The Hall–Kier alpha value is -2.59. The Morgan fingerprint density at radius 1 is 1.10 bits per heavy atom. The number of aliphatic hydroxyl groups is 1. The van der Waals surface area contributed by atoms with Crippen LogP contribution in [0.2, 0.25) is 0 Å². The van der Waals surface area contributed by atoms with E-state index in [-0.39, 0.29) is 18.3 Å². The molecule has 0 saturated heterocycles. The van der Waals surface area contributed by atoms with Crippen molar-refractivity contribution in [2.24, 2.45) is 0 Å². The molecule has 0 spiro atoms. The molecule has 0 aliphatic heterocycles. The molecule has 0 unspecified atom stereocenters. The largest absolute Gasteiger partial charge is 0.451 e. The quantitative estimate of drug-likeness (QED) is 0.773. The summed E-state index contributed by atoms with van der Waals surface area (Å²) in [5.74, 6) is -0.0975. The molecule has 1 atom stereocenters. The number of hydrogen-bond donors (Lipinski definition) is 2. The summed E-state index contributed by atoms with van der Waals surface area (Å²) in [5.41, 5.74) is 1.52. The first-order valence-electron chi connectivity index (χ1n) is 6.73. The molecule has 0 fully saturated rings. The molecule has 21 heavy (non-hydrogen) atoms. The summed E-state index contributed by atoms with van der Waals surface area (Å²) in [6, 6.07) is 18.0. The zero-order chi connectivity index (χ0) is 14.7. The summed E-state index contributed by atoms with van der Waals surface area (Å²) in [4.78, 5) is 12.2. The Balaban J connectivity index is 1.81. The van der Waals surface area contributed by atoms with Gasteiger partial charge in [-0.3, -0.25) is 4.79 Å². The lowest BCUT2D eigenvalue weighted by Gasteiger charge is -2.15. The van der Waals surface area contributed by atoms with Gasteiger partial charge in [-0.2, -0.15) is 0 Å². The van der Waals surface area contributed by atoms with Crippen LogP contribution in [-0.4, -0.2) is 17.6 Å². The van der Waals surface area contributed by atoms with Crippen LogP contribution in [0.25, 0.3) is 11.0 Å². The molecule has 4 nitrogen and oxygen atoms in total. The summed E-state index contributed by atoms with van der Waals surface area (Å²) in [7, 11) is 0. The number of rotatable bonds is 4. The summed E-state index contributed by atoms with van der Waals surface area (Å²) < 4.78 is 5.52. The SMILES string of the molecule is O=C(N[C@@H](CO)c1ccccc1)c1cc2ccccc2o1. The van der Waals surface area contributed by atoms with Gasteiger partial charge in [0.25, 0.3) is 5.91 Å². The van der Waals surface area contributed by atoms with E-state index in [1.165, 1.54) is 0 Å². The van der Waals surface area contributed by atoms with Crippen molar-refractivity contribution >= 4 is 16.9 Å². The third kappa shape index (κ3) is 2.80. The number of benzene rings is 2. The molecular weight excluding hydrogens is 266 g/mol. The first-order valence-corrected chi connectivity index (χ1v) is 6.73. The van der Waals surface area contributed by atoms with Crippen molar-refractivity contribution < 1.29 is 14.3 Å². The molecule has 2 aromatic carbocycles. The zero-order valence-corrected chi connectivity index (χ0v) is 11.3. The summed E-state index contributed by atoms with van der Waals surface area (Å²) in [6.07, 6.45) is 0. The van der Waals surface area contributed by atoms with Crippen molar-refractivity contribution in [1.82, 2.24) is 5.32 Å². The van der Waals surface area contributed by atoms with Crippen LogP contribution >= 0.6 is 0 Å². The maximum absolute atomic E-state index is 12.2. The fraction of sp³-hybridized carbons (Fsp3) is 0.118. The van der Waals surface area contributed by atoms with Crippen molar-refractivity contribution in [2.75, 3.05) is 6.61 Å². The minimum absolute atomic E-state index is 0.171. The number of nitrogens with one attached hydrogen (secondary N) is 1. The molecule has 3 rings (SSSR count). The normalized spacial score (nSPS) is 12.2. The van der Waals surface area contributed by atoms with Gasteiger partial charge in [0.1, 0.15) is 5.58 Å². The van der Waals surface area contributed by atoms with Crippen LogP contribution < -0.4 is 5.32 Å². The van der Waals surface area contributed by atoms with Gasteiger partial charge < -0.3 is 14.8 Å². The predicted molar refractivity (Wildman–Crippen MR) is 79.9 cm³/mol. The topological polar surface area (TPSA) is 62.5 Å². The van der Waals surface area contributed by atoms with Crippen LogP contribution in [0.5, 0.6) is 0 Å². The molecule has 0 aliphatic rings. The van der Waals surface area contributed by atoms with Crippen LogP contribution in [0.15, 0.2) is 65.1 Å². The number of carbonyl (C=O) groups excluding carboxylic acids is 1. The summed E-state index contributed by atoms with van der Waals surface area (Å²) in [5, 5.41) is 13.1. The Labute approximate surface area is 122 Å². The number of amides is 1. The molecule has 0 bridgehead atoms. The maximum atomic E-state index is 12.2. The van der Waals surface area contributed by atoms with Crippen LogP contribution in [0.4, 0.5) is 0 Å². The highest BCUT2D eigenvalue weighted by molar-refractivity contribution is 5.96. The molecular formula is C17H15NO3.